The summed E-state index contributed by atoms with van der Waals surface area (Å²) in [7, 11) is 0. The molecule has 0 unspecified atom stereocenters. The standard InChI is InChI=1S/C6H6O8.4Na.H2O2/c7-3(8)1(4(9)10)2(5(11)12)6(13)14;;;;;1-2/h1-2H,(H,7,8)(H,9,10)(H,11,12)(H,13,14);;;;;1-2H/q;4*+1;/p-4. The Labute approximate surface area is 201 Å². The SMILES string of the molecule is O=C([O-])C(C(=O)[O-])C(C(=O)[O-])C(=O)[O-].OO.[Na+].[Na+].[Na+].[Na+]. The Morgan fingerprint density at radius 2 is 0.650 bits per heavy atom. The summed E-state index contributed by atoms with van der Waals surface area (Å²) in [5, 5.41) is 52.3. The first-order chi connectivity index (χ1) is 7.29. The summed E-state index contributed by atoms with van der Waals surface area (Å²) >= 11 is 0. The Balaban J connectivity index is -0.0000000778. The Morgan fingerprint density at radius 3 is 0.700 bits per heavy atom. The van der Waals surface area contributed by atoms with E-state index in [9.17, 15) is 39.6 Å². The van der Waals surface area contributed by atoms with Gasteiger partial charge in [-0.25, -0.2) is 0 Å². The zero-order valence-corrected chi connectivity index (χ0v) is 19.3. The van der Waals surface area contributed by atoms with E-state index in [4.69, 9.17) is 10.5 Å². The van der Waals surface area contributed by atoms with Gasteiger partial charge in [-0.05, 0) is 0 Å². The second-order valence-electron chi connectivity index (χ2n) is 2.23. The van der Waals surface area contributed by atoms with E-state index in [1.807, 2.05) is 0 Å². The number of hydrogen-bond donors (Lipinski definition) is 2. The molecule has 0 aromatic carbocycles. The monoisotopic (exact) mass is 328 g/mol. The van der Waals surface area contributed by atoms with Crippen molar-refractivity contribution in [2.45, 2.75) is 0 Å². The normalized spacial score (nSPS) is 7.40. The molecule has 0 fully saturated rings. The molecular weight excluding hydrogens is 324 g/mol. The number of carbonyl (C=O) groups excluding carboxylic acids is 4. The van der Waals surface area contributed by atoms with Crippen molar-refractivity contribution in [3.8, 4) is 0 Å². The maximum Gasteiger partial charge on any atom is 1.00 e. The third-order valence-electron chi connectivity index (χ3n) is 1.35. The molecule has 0 amide bonds. The molecule has 0 aromatic heterocycles. The molecule has 0 aromatic rings. The number of hydrogen-bond acceptors (Lipinski definition) is 10. The Hall–Kier alpha value is 1.80. The zero-order chi connectivity index (χ0) is 13.5. The predicted molar refractivity (Wildman–Crippen MR) is 32.3 cm³/mol. The summed E-state index contributed by atoms with van der Waals surface area (Å²) in [5.41, 5.74) is 0. The van der Waals surface area contributed by atoms with Crippen LogP contribution < -0.4 is 139 Å². The van der Waals surface area contributed by atoms with E-state index in [1.54, 1.807) is 0 Å². The number of carboxylic acids is 4. The van der Waals surface area contributed by atoms with Gasteiger partial charge < -0.3 is 39.6 Å². The van der Waals surface area contributed by atoms with Crippen LogP contribution in [0, 0.1) is 11.8 Å². The van der Waals surface area contributed by atoms with Crippen molar-refractivity contribution < 1.29 is 168 Å². The molecule has 0 bridgehead atoms. The number of carbonyl (C=O) groups is 4. The van der Waals surface area contributed by atoms with Crippen molar-refractivity contribution in [3.63, 3.8) is 0 Å². The molecule has 0 heterocycles. The first-order valence-electron chi connectivity index (χ1n) is 3.32. The van der Waals surface area contributed by atoms with E-state index in [-0.39, 0.29) is 118 Å². The molecule has 0 saturated carbocycles. The van der Waals surface area contributed by atoms with Crippen LogP contribution in [0.4, 0.5) is 0 Å². The maximum atomic E-state index is 10.1. The van der Waals surface area contributed by atoms with Crippen LogP contribution in [-0.2, 0) is 19.2 Å². The molecule has 2 N–H and O–H groups in total. The summed E-state index contributed by atoms with van der Waals surface area (Å²) in [6.07, 6.45) is 0. The van der Waals surface area contributed by atoms with E-state index in [2.05, 4.69) is 0 Å². The molecule has 0 spiro atoms. The second-order valence-corrected chi connectivity index (χ2v) is 2.23. The van der Waals surface area contributed by atoms with E-state index in [0.29, 0.717) is 0 Å². The van der Waals surface area contributed by atoms with Crippen molar-refractivity contribution >= 4 is 23.9 Å². The van der Waals surface area contributed by atoms with Crippen molar-refractivity contribution in [1.29, 1.82) is 0 Å². The van der Waals surface area contributed by atoms with Gasteiger partial charge in [0, 0.05) is 0 Å². The quantitative estimate of drug-likeness (QED) is 0.211. The molecule has 20 heavy (non-hydrogen) atoms. The molecule has 0 aliphatic carbocycles. The van der Waals surface area contributed by atoms with Crippen molar-refractivity contribution in [2.75, 3.05) is 0 Å². The molecule has 0 rings (SSSR count). The van der Waals surface area contributed by atoms with Crippen LogP contribution in [0.1, 0.15) is 0 Å². The van der Waals surface area contributed by atoms with Gasteiger partial charge in [-0.15, -0.1) is 0 Å². The molecule has 0 radical (unpaired) electrons. The van der Waals surface area contributed by atoms with Crippen LogP contribution in [-0.4, -0.2) is 34.4 Å². The molecule has 0 atom stereocenters. The first kappa shape index (κ1) is 37.8. The van der Waals surface area contributed by atoms with E-state index < -0.39 is 35.7 Å². The summed E-state index contributed by atoms with van der Waals surface area (Å²) in [5.74, 6) is -15.3. The Morgan fingerprint density at radius 1 is 0.550 bits per heavy atom. The van der Waals surface area contributed by atoms with Crippen molar-refractivity contribution in [1.82, 2.24) is 0 Å². The number of rotatable bonds is 5. The number of aliphatic carboxylic acids is 4. The summed E-state index contributed by atoms with van der Waals surface area (Å²) in [6, 6.07) is 0. The van der Waals surface area contributed by atoms with Crippen LogP contribution in [0.2, 0.25) is 0 Å². The van der Waals surface area contributed by atoms with Crippen LogP contribution in [0.3, 0.4) is 0 Å². The number of carboxylic acid groups (broad SMARTS) is 4. The Kier molecular flexibility index (Phi) is 39.3. The van der Waals surface area contributed by atoms with E-state index in [1.165, 1.54) is 0 Å². The van der Waals surface area contributed by atoms with Gasteiger partial charge in [0.1, 0.15) is 0 Å². The van der Waals surface area contributed by atoms with Crippen molar-refractivity contribution in [3.05, 3.63) is 0 Å². The van der Waals surface area contributed by atoms with E-state index in [0.717, 1.165) is 0 Å². The average Bonchev–Trinajstić information content (AvgIpc) is 2.14. The summed E-state index contributed by atoms with van der Waals surface area (Å²) in [4.78, 5) is 40.3. The van der Waals surface area contributed by atoms with Gasteiger partial charge in [0.2, 0.25) is 0 Å². The summed E-state index contributed by atoms with van der Waals surface area (Å²) in [6.45, 7) is 0. The largest absolute Gasteiger partial charge is 1.00 e. The fourth-order valence-electron chi connectivity index (χ4n) is 0.737. The molecule has 0 aliphatic rings. The van der Waals surface area contributed by atoms with Gasteiger partial charge in [-0.2, -0.15) is 0 Å². The molecule has 0 aliphatic heterocycles. The van der Waals surface area contributed by atoms with Crippen molar-refractivity contribution in [2.24, 2.45) is 11.8 Å². The average molecular weight is 328 g/mol. The van der Waals surface area contributed by atoms with Gasteiger partial charge in [-0.1, -0.05) is 0 Å². The third-order valence-corrected chi connectivity index (χ3v) is 1.35. The third kappa shape index (κ3) is 14.7. The first-order valence-corrected chi connectivity index (χ1v) is 3.32. The molecular formula is C6H4Na4O10. The van der Waals surface area contributed by atoms with Gasteiger partial charge >= 0.3 is 118 Å². The van der Waals surface area contributed by atoms with Crippen LogP contribution in [0.25, 0.3) is 0 Å². The van der Waals surface area contributed by atoms with Crippen LogP contribution in [0.5, 0.6) is 0 Å². The minimum absolute atomic E-state index is 0. The topological polar surface area (TPSA) is 201 Å². The minimum Gasteiger partial charge on any atom is -0.549 e. The minimum atomic E-state index is -2.84. The smallest absolute Gasteiger partial charge is 0.549 e. The maximum absolute atomic E-state index is 10.1. The second kappa shape index (κ2) is 20.8. The fourth-order valence-corrected chi connectivity index (χ4v) is 0.737. The molecule has 10 nitrogen and oxygen atoms in total. The van der Waals surface area contributed by atoms with Gasteiger partial charge in [0.05, 0.1) is 35.7 Å². The van der Waals surface area contributed by atoms with E-state index >= 15 is 0 Å². The van der Waals surface area contributed by atoms with Crippen LogP contribution >= 0.6 is 0 Å². The fraction of sp³-hybridized carbons (Fsp3) is 0.333. The van der Waals surface area contributed by atoms with Gasteiger partial charge in [-0.3, -0.25) is 10.5 Å². The van der Waals surface area contributed by atoms with Gasteiger partial charge in [0.25, 0.3) is 0 Å². The van der Waals surface area contributed by atoms with Crippen LogP contribution in [0.15, 0.2) is 0 Å². The van der Waals surface area contributed by atoms with Gasteiger partial charge in [0.15, 0.2) is 0 Å². The molecule has 14 heteroatoms. The summed E-state index contributed by atoms with van der Waals surface area (Å²) < 4.78 is 0. The molecule has 92 valence electrons. The Bertz CT molecular complexity index is 250. The predicted octanol–water partition coefficient (Wildman–Crippen LogP) is -18.7. The molecule has 0 saturated heterocycles. The zero-order valence-electron chi connectivity index (χ0n) is 11.3.